The van der Waals surface area contributed by atoms with Gasteiger partial charge in [0.1, 0.15) is 11.5 Å². The maximum Gasteiger partial charge on any atom is 0.133 e. The highest BCUT2D eigenvalue weighted by atomic mass is 32.1. The molecule has 4 rings (SSSR count). The quantitative estimate of drug-likeness (QED) is 0.456. The number of fused-ring (bicyclic) bond motifs is 1. The Labute approximate surface area is 184 Å². The van der Waals surface area contributed by atoms with E-state index in [2.05, 4.69) is 63.0 Å². The average Bonchev–Trinajstić information content (AvgIpc) is 3.24. The lowest BCUT2D eigenvalue weighted by Crippen LogP contribution is -2.33. The number of rotatable bonds is 5. The van der Waals surface area contributed by atoms with Crippen molar-refractivity contribution in [1.82, 2.24) is 4.98 Å². The van der Waals surface area contributed by atoms with Gasteiger partial charge in [-0.2, -0.15) is 0 Å². The zero-order valence-corrected chi connectivity index (χ0v) is 19.7. The van der Waals surface area contributed by atoms with E-state index in [1.165, 1.54) is 28.8 Å². The number of ether oxygens (including phenoxy) is 2. The van der Waals surface area contributed by atoms with Gasteiger partial charge in [-0.15, -0.1) is 11.3 Å². The minimum absolute atomic E-state index is 0.154. The summed E-state index contributed by atoms with van der Waals surface area (Å²) in [6, 6.07) is 11.1. The molecule has 0 atom stereocenters. The maximum absolute atomic E-state index is 5.96. The third kappa shape index (κ3) is 3.62. The highest BCUT2D eigenvalue weighted by molar-refractivity contribution is 7.09. The first-order chi connectivity index (χ1) is 14.3. The molecular weight excluding hydrogens is 390 g/mol. The van der Waals surface area contributed by atoms with Crippen molar-refractivity contribution >= 4 is 11.3 Å². The molecule has 1 heterocycles. The largest absolute Gasteiger partial charge is 0.496 e. The highest BCUT2D eigenvalue weighted by Gasteiger charge is 2.37. The summed E-state index contributed by atoms with van der Waals surface area (Å²) in [4.78, 5) is 5.44. The predicted molar refractivity (Wildman–Crippen MR) is 125 cm³/mol. The second-order valence-corrected chi connectivity index (χ2v) is 10.5. The number of nitrogens with zero attached hydrogens (tertiary/aromatic N) is 1. The van der Waals surface area contributed by atoms with E-state index in [9.17, 15) is 0 Å². The topological polar surface area (TPSA) is 31.4 Å². The van der Waals surface area contributed by atoms with Crippen LogP contribution in [0.2, 0.25) is 0 Å². The number of methoxy groups -OCH3 is 2. The van der Waals surface area contributed by atoms with Crippen LogP contribution in [0.25, 0.3) is 11.1 Å². The Morgan fingerprint density at radius 3 is 2.30 bits per heavy atom. The summed E-state index contributed by atoms with van der Waals surface area (Å²) in [5.74, 6) is 1.73. The van der Waals surface area contributed by atoms with Crippen LogP contribution in [0.3, 0.4) is 0 Å². The minimum Gasteiger partial charge on any atom is -0.496 e. The number of hydrogen-bond donors (Lipinski definition) is 0. The molecule has 3 nitrogen and oxygen atoms in total. The first-order valence-corrected chi connectivity index (χ1v) is 11.4. The van der Waals surface area contributed by atoms with Crippen LogP contribution in [0.1, 0.15) is 62.1 Å². The Hall–Kier alpha value is -2.33. The van der Waals surface area contributed by atoms with Crippen LogP contribution in [-0.2, 0) is 17.3 Å². The van der Waals surface area contributed by atoms with E-state index in [4.69, 9.17) is 9.47 Å². The molecule has 2 aromatic carbocycles. The highest BCUT2D eigenvalue weighted by Crippen LogP contribution is 2.49. The standard InChI is InChI=1S/C26H31NO2S/c1-25(2)11-12-26(3,4)21-14-17(7-9-20(21)25)23-22(28-5)10-8-18(24(23)29-6)13-19-15-27-16-30-19/h7-10,14-16H,11-13H2,1-6H3. The molecule has 0 aliphatic heterocycles. The number of hydrogen-bond acceptors (Lipinski definition) is 4. The van der Waals surface area contributed by atoms with Crippen molar-refractivity contribution in [1.29, 1.82) is 0 Å². The van der Waals surface area contributed by atoms with Crippen molar-refractivity contribution in [2.75, 3.05) is 14.2 Å². The fourth-order valence-electron chi connectivity index (χ4n) is 4.68. The van der Waals surface area contributed by atoms with E-state index in [0.29, 0.717) is 0 Å². The first-order valence-electron chi connectivity index (χ1n) is 10.5. The lowest BCUT2D eigenvalue weighted by molar-refractivity contribution is 0.332. The molecule has 1 aromatic heterocycles. The van der Waals surface area contributed by atoms with Crippen molar-refractivity contribution in [3.8, 4) is 22.6 Å². The fourth-order valence-corrected chi connectivity index (χ4v) is 5.30. The van der Waals surface area contributed by atoms with Gasteiger partial charge in [0, 0.05) is 23.1 Å². The molecule has 158 valence electrons. The third-order valence-corrected chi connectivity index (χ3v) is 7.39. The summed E-state index contributed by atoms with van der Waals surface area (Å²) in [5, 5.41) is 0. The van der Waals surface area contributed by atoms with Crippen molar-refractivity contribution in [2.45, 2.75) is 57.8 Å². The van der Waals surface area contributed by atoms with E-state index < -0.39 is 0 Å². The summed E-state index contributed by atoms with van der Waals surface area (Å²) >= 11 is 1.67. The second kappa shape index (κ2) is 7.73. The minimum atomic E-state index is 0.154. The third-order valence-electron chi connectivity index (χ3n) is 6.61. The molecular formula is C26H31NO2S. The molecule has 0 radical (unpaired) electrons. The van der Waals surface area contributed by atoms with Gasteiger partial charge in [-0.05, 0) is 46.4 Å². The average molecular weight is 422 g/mol. The van der Waals surface area contributed by atoms with Gasteiger partial charge in [0.2, 0.25) is 0 Å². The van der Waals surface area contributed by atoms with E-state index >= 15 is 0 Å². The van der Waals surface area contributed by atoms with Crippen LogP contribution in [-0.4, -0.2) is 19.2 Å². The Morgan fingerprint density at radius 1 is 0.933 bits per heavy atom. The summed E-state index contributed by atoms with van der Waals surface area (Å²) in [6.07, 6.45) is 5.13. The number of aromatic nitrogens is 1. The van der Waals surface area contributed by atoms with Crippen LogP contribution in [0.4, 0.5) is 0 Å². The predicted octanol–water partition coefficient (Wildman–Crippen LogP) is 6.77. The molecule has 0 unspecified atom stereocenters. The fraction of sp³-hybridized carbons (Fsp3) is 0.423. The normalized spacial score (nSPS) is 16.7. The van der Waals surface area contributed by atoms with Gasteiger partial charge in [-0.1, -0.05) is 52.0 Å². The molecule has 4 heteroatoms. The maximum atomic E-state index is 5.96. The monoisotopic (exact) mass is 421 g/mol. The van der Waals surface area contributed by atoms with Crippen LogP contribution in [0.5, 0.6) is 11.5 Å². The molecule has 1 aliphatic carbocycles. The van der Waals surface area contributed by atoms with Gasteiger partial charge >= 0.3 is 0 Å². The van der Waals surface area contributed by atoms with Crippen molar-refractivity contribution in [3.63, 3.8) is 0 Å². The van der Waals surface area contributed by atoms with Gasteiger partial charge in [0.25, 0.3) is 0 Å². The van der Waals surface area contributed by atoms with Gasteiger partial charge in [0.05, 0.1) is 25.3 Å². The molecule has 0 saturated heterocycles. The van der Waals surface area contributed by atoms with Crippen LogP contribution in [0.15, 0.2) is 42.0 Å². The lowest BCUT2D eigenvalue weighted by Gasteiger charge is -2.42. The molecule has 30 heavy (non-hydrogen) atoms. The van der Waals surface area contributed by atoms with E-state index in [1.807, 2.05) is 11.7 Å². The van der Waals surface area contributed by atoms with Gasteiger partial charge < -0.3 is 9.47 Å². The molecule has 0 spiro atoms. The number of benzene rings is 2. The van der Waals surface area contributed by atoms with E-state index in [0.717, 1.165) is 34.6 Å². The zero-order valence-electron chi connectivity index (χ0n) is 18.8. The van der Waals surface area contributed by atoms with Gasteiger partial charge in [0.15, 0.2) is 0 Å². The Kier molecular flexibility index (Phi) is 5.39. The van der Waals surface area contributed by atoms with Crippen molar-refractivity contribution in [2.24, 2.45) is 0 Å². The first kappa shape index (κ1) is 20.9. The molecule has 0 amide bonds. The summed E-state index contributed by atoms with van der Waals surface area (Å²) in [5.41, 5.74) is 8.46. The van der Waals surface area contributed by atoms with Crippen LogP contribution >= 0.6 is 11.3 Å². The van der Waals surface area contributed by atoms with E-state index in [-0.39, 0.29) is 10.8 Å². The Balaban J connectivity index is 1.89. The van der Waals surface area contributed by atoms with Crippen LogP contribution < -0.4 is 9.47 Å². The molecule has 3 aromatic rings. The van der Waals surface area contributed by atoms with Crippen LogP contribution in [0, 0.1) is 0 Å². The summed E-state index contributed by atoms with van der Waals surface area (Å²) < 4.78 is 11.7. The molecule has 0 fully saturated rings. The smallest absolute Gasteiger partial charge is 0.133 e. The molecule has 1 aliphatic rings. The second-order valence-electron chi connectivity index (χ2n) is 9.51. The van der Waals surface area contributed by atoms with Gasteiger partial charge in [-0.3, -0.25) is 4.98 Å². The SMILES string of the molecule is COc1ccc(Cc2cncs2)c(OC)c1-c1ccc2c(c1)C(C)(C)CCC2(C)C. The summed E-state index contributed by atoms with van der Waals surface area (Å²) in [6.45, 7) is 9.44. The molecule has 0 bridgehead atoms. The van der Waals surface area contributed by atoms with Crippen molar-refractivity contribution in [3.05, 3.63) is 63.6 Å². The number of thiazole rings is 1. The molecule has 0 N–H and O–H groups in total. The molecule has 0 saturated carbocycles. The Morgan fingerprint density at radius 2 is 1.67 bits per heavy atom. The van der Waals surface area contributed by atoms with E-state index in [1.54, 1.807) is 25.6 Å². The zero-order chi connectivity index (χ0) is 21.5. The van der Waals surface area contributed by atoms with Crippen molar-refractivity contribution < 1.29 is 9.47 Å². The van der Waals surface area contributed by atoms with Gasteiger partial charge in [-0.25, -0.2) is 0 Å². The summed E-state index contributed by atoms with van der Waals surface area (Å²) in [7, 11) is 3.48. The Bertz CT molecular complexity index is 1050. The lowest BCUT2D eigenvalue weighted by atomic mass is 9.63.